The number of hydrogen-bond donors (Lipinski definition) is 1. The monoisotopic (exact) mass is 633 g/mol. The third-order valence-electron chi connectivity index (χ3n) is 14.1. The molecule has 3 heteroatoms. The van der Waals surface area contributed by atoms with E-state index >= 15 is 0 Å². The van der Waals surface area contributed by atoms with Crippen LogP contribution in [0.5, 0.6) is 5.75 Å². The zero-order valence-electron chi connectivity index (χ0n) is 30.5. The molecular formula is C43H68O3. The summed E-state index contributed by atoms with van der Waals surface area (Å²) in [6.07, 6.45) is 26.3. The lowest BCUT2D eigenvalue weighted by atomic mass is 9.46. The van der Waals surface area contributed by atoms with E-state index in [9.17, 15) is 9.90 Å². The van der Waals surface area contributed by atoms with Gasteiger partial charge in [0.1, 0.15) is 5.75 Å². The summed E-state index contributed by atoms with van der Waals surface area (Å²) in [6.45, 7) is 14.9. The highest BCUT2D eigenvalue weighted by Gasteiger charge is 2.59. The molecule has 5 rings (SSSR count). The van der Waals surface area contributed by atoms with Crippen LogP contribution in [0.3, 0.4) is 0 Å². The van der Waals surface area contributed by atoms with Gasteiger partial charge in [0.05, 0.1) is 0 Å². The molecule has 4 unspecified atom stereocenters. The van der Waals surface area contributed by atoms with E-state index in [4.69, 9.17) is 4.74 Å². The molecule has 8 atom stereocenters. The van der Waals surface area contributed by atoms with Gasteiger partial charge in [-0.15, -0.1) is 0 Å². The Kier molecular flexibility index (Phi) is 12.1. The molecule has 0 bridgehead atoms. The highest BCUT2D eigenvalue weighted by molar-refractivity contribution is 5.62. The standard InChI is InChI=1S/C43H68O3/c1-7-8-9-10-11-12-13-17-32-18-23-40(46-41(44)45)36(28-32)33-24-26-42(5)34(29-33)19-20-35-38-22-21-37(31(4)16-14-15-30(2)3)43(38,6)27-25-39(35)42/h18-19,23,28,30-31,33,35,37-39H,7-17,20-22,24-27,29H2,1-6H3,(H,44,45)/t31-,33?,35?,37-,38?,39?,42+,43-/m1/s1. The van der Waals surface area contributed by atoms with Crippen molar-refractivity contribution in [2.75, 3.05) is 0 Å². The Morgan fingerprint density at radius 1 is 0.913 bits per heavy atom. The summed E-state index contributed by atoms with van der Waals surface area (Å²) in [5, 5.41) is 9.56. The zero-order valence-corrected chi connectivity index (χ0v) is 30.5. The first-order valence-electron chi connectivity index (χ1n) is 19.8. The van der Waals surface area contributed by atoms with E-state index < -0.39 is 6.16 Å². The van der Waals surface area contributed by atoms with Crippen LogP contribution in [0.15, 0.2) is 29.8 Å². The second kappa shape index (κ2) is 15.6. The number of fused-ring (bicyclic) bond motifs is 5. The van der Waals surface area contributed by atoms with E-state index in [0.717, 1.165) is 60.3 Å². The fourth-order valence-electron chi connectivity index (χ4n) is 11.5. The van der Waals surface area contributed by atoms with Crippen molar-refractivity contribution >= 4 is 6.16 Å². The number of ether oxygens (including phenoxy) is 1. The Bertz CT molecular complexity index is 1180. The molecule has 46 heavy (non-hydrogen) atoms. The number of hydrogen-bond acceptors (Lipinski definition) is 2. The Morgan fingerprint density at radius 3 is 2.41 bits per heavy atom. The minimum atomic E-state index is -1.20. The van der Waals surface area contributed by atoms with Crippen LogP contribution in [0.2, 0.25) is 0 Å². The maximum Gasteiger partial charge on any atom is 0.511 e. The number of allylic oxidation sites excluding steroid dienone is 2. The number of unbranched alkanes of at least 4 members (excludes halogenated alkanes) is 6. The topological polar surface area (TPSA) is 46.5 Å². The fraction of sp³-hybridized carbons (Fsp3) is 0.791. The van der Waals surface area contributed by atoms with Crippen LogP contribution in [0.4, 0.5) is 4.79 Å². The van der Waals surface area contributed by atoms with Crippen LogP contribution in [-0.4, -0.2) is 11.3 Å². The highest BCUT2D eigenvalue weighted by atomic mass is 16.7. The van der Waals surface area contributed by atoms with Crippen molar-refractivity contribution < 1.29 is 14.6 Å². The first-order valence-corrected chi connectivity index (χ1v) is 19.8. The Hall–Kier alpha value is -1.77. The van der Waals surface area contributed by atoms with Crippen LogP contribution in [-0.2, 0) is 6.42 Å². The summed E-state index contributed by atoms with van der Waals surface area (Å²) in [5.41, 5.74) is 4.97. The number of benzene rings is 1. The molecule has 1 N–H and O–H groups in total. The summed E-state index contributed by atoms with van der Waals surface area (Å²) < 4.78 is 5.40. The predicted molar refractivity (Wildman–Crippen MR) is 193 cm³/mol. The van der Waals surface area contributed by atoms with Gasteiger partial charge < -0.3 is 9.84 Å². The lowest BCUT2D eigenvalue weighted by Crippen LogP contribution is -2.50. The van der Waals surface area contributed by atoms with Gasteiger partial charge in [0.25, 0.3) is 0 Å². The average Bonchev–Trinajstić information content (AvgIpc) is 3.38. The van der Waals surface area contributed by atoms with Crippen LogP contribution in [0, 0.1) is 46.3 Å². The molecule has 1 aromatic rings. The van der Waals surface area contributed by atoms with Crippen molar-refractivity contribution in [2.24, 2.45) is 46.3 Å². The third kappa shape index (κ3) is 7.75. The van der Waals surface area contributed by atoms with Gasteiger partial charge in [0.15, 0.2) is 0 Å². The first-order chi connectivity index (χ1) is 22.1. The van der Waals surface area contributed by atoms with Gasteiger partial charge in [-0.05, 0) is 134 Å². The number of carboxylic acid groups (broad SMARTS) is 1. The molecule has 0 spiro atoms. The highest BCUT2D eigenvalue weighted by Crippen LogP contribution is 2.68. The van der Waals surface area contributed by atoms with E-state index in [2.05, 4.69) is 59.8 Å². The molecule has 0 radical (unpaired) electrons. The molecule has 0 aliphatic heterocycles. The molecule has 3 saturated carbocycles. The lowest BCUT2D eigenvalue weighted by molar-refractivity contribution is -0.0510. The van der Waals surface area contributed by atoms with E-state index in [1.54, 1.807) is 5.57 Å². The van der Waals surface area contributed by atoms with Crippen molar-refractivity contribution in [2.45, 2.75) is 169 Å². The Morgan fingerprint density at radius 2 is 1.67 bits per heavy atom. The van der Waals surface area contributed by atoms with Gasteiger partial charge in [-0.25, -0.2) is 4.79 Å². The molecule has 4 aliphatic carbocycles. The first kappa shape index (κ1) is 35.5. The number of aryl methyl sites for hydroxylation is 1. The van der Waals surface area contributed by atoms with Crippen LogP contribution in [0.1, 0.15) is 174 Å². The summed E-state index contributed by atoms with van der Waals surface area (Å²) in [5.74, 6) is 6.02. The van der Waals surface area contributed by atoms with Crippen LogP contribution < -0.4 is 4.74 Å². The molecule has 3 fully saturated rings. The minimum Gasteiger partial charge on any atom is -0.449 e. The summed E-state index contributed by atoms with van der Waals surface area (Å²) in [6, 6.07) is 6.36. The maximum absolute atomic E-state index is 11.7. The molecule has 0 saturated heterocycles. The van der Waals surface area contributed by atoms with Gasteiger partial charge in [-0.3, -0.25) is 0 Å². The van der Waals surface area contributed by atoms with Crippen LogP contribution in [0.25, 0.3) is 0 Å². The smallest absolute Gasteiger partial charge is 0.449 e. The molecular weight excluding hydrogens is 564 g/mol. The van der Waals surface area contributed by atoms with E-state index in [1.165, 1.54) is 108 Å². The lowest BCUT2D eigenvalue weighted by Gasteiger charge is -2.58. The van der Waals surface area contributed by atoms with E-state index in [1.807, 2.05) is 6.07 Å². The van der Waals surface area contributed by atoms with Crippen molar-refractivity contribution in [3.05, 3.63) is 41.0 Å². The molecule has 3 nitrogen and oxygen atoms in total. The van der Waals surface area contributed by atoms with Gasteiger partial charge >= 0.3 is 6.16 Å². The fourth-order valence-corrected chi connectivity index (χ4v) is 11.5. The van der Waals surface area contributed by atoms with Gasteiger partial charge in [-0.1, -0.05) is 123 Å². The van der Waals surface area contributed by atoms with Crippen molar-refractivity contribution in [1.82, 2.24) is 0 Å². The maximum atomic E-state index is 11.7. The summed E-state index contributed by atoms with van der Waals surface area (Å²) in [7, 11) is 0. The molecule has 4 aliphatic rings. The average molecular weight is 633 g/mol. The number of carbonyl (C=O) groups is 1. The molecule has 1 aromatic carbocycles. The van der Waals surface area contributed by atoms with Gasteiger partial charge in [0.2, 0.25) is 0 Å². The summed E-state index contributed by atoms with van der Waals surface area (Å²) in [4.78, 5) is 11.7. The quantitative estimate of drug-likeness (QED) is 0.0905. The molecule has 0 amide bonds. The molecule has 0 heterocycles. The minimum absolute atomic E-state index is 0.297. The van der Waals surface area contributed by atoms with Crippen LogP contribution >= 0.6 is 0 Å². The second-order valence-electron chi connectivity index (χ2n) is 17.3. The van der Waals surface area contributed by atoms with Crippen molar-refractivity contribution in [3.8, 4) is 5.75 Å². The second-order valence-corrected chi connectivity index (χ2v) is 17.3. The zero-order chi connectivity index (χ0) is 32.9. The van der Waals surface area contributed by atoms with E-state index in [0.29, 0.717) is 22.5 Å². The van der Waals surface area contributed by atoms with Gasteiger partial charge in [-0.2, -0.15) is 0 Å². The van der Waals surface area contributed by atoms with Crippen molar-refractivity contribution in [3.63, 3.8) is 0 Å². The Labute approximate surface area is 282 Å². The largest absolute Gasteiger partial charge is 0.511 e. The SMILES string of the molecule is CCCCCCCCCc1ccc(OC(=O)O)c(C2CC[C@@]3(C)C(=CCC4C3CC[C@@]3(C)C4CC[C@@H]3[C@H](C)CCCC(C)C)C2)c1. The predicted octanol–water partition coefficient (Wildman–Crippen LogP) is 13.2. The molecule has 258 valence electrons. The molecule has 0 aromatic heterocycles. The summed E-state index contributed by atoms with van der Waals surface area (Å²) >= 11 is 0. The number of rotatable bonds is 15. The van der Waals surface area contributed by atoms with Gasteiger partial charge in [0, 0.05) is 0 Å². The third-order valence-corrected chi connectivity index (χ3v) is 14.1. The normalized spacial score (nSPS) is 32.8. The van der Waals surface area contributed by atoms with E-state index in [-0.39, 0.29) is 0 Å². The Balaban J connectivity index is 1.26. The van der Waals surface area contributed by atoms with Crippen molar-refractivity contribution in [1.29, 1.82) is 0 Å².